The molecule has 0 saturated carbocycles. The number of para-hydroxylation sites is 1. The Morgan fingerprint density at radius 1 is 1.04 bits per heavy atom. The number of hydrogen-bond acceptors (Lipinski definition) is 3. The van der Waals surface area contributed by atoms with E-state index in [0.29, 0.717) is 17.4 Å². The van der Waals surface area contributed by atoms with Crippen LogP contribution in [0.1, 0.15) is 5.56 Å². The number of hydrogen-bond donors (Lipinski definition) is 3. The van der Waals surface area contributed by atoms with Crippen LogP contribution in [0.3, 0.4) is 0 Å². The minimum Gasteiger partial charge on any atom is -0.357 e. The average molecular weight is 326 g/mol. The Kier molecular flexibility index (Phi) is 4.20. The van der Waals surface area contributed by atoms with E-state index in [-0.39, 0.29) is 5.11 Å². The quantitative estimate of drug-likeness (QED) is 0.633. The highest BCUT2D eigenvalue weighted by Gasteiger charge is 2.08. The molecule has 3 N–H and O–H groups in total. The normalized spacial score (nSPS) is 10.4. The number of thiocarbonyl (C=S) groups is 1. The molecular formula is C16H14N4O2S. The summed E-state index contributed by atoms with van der Waals surface area (Å²) in [5, 5.41) is 3.56. The zero-order chi connectivity index (χ0) is 16.2. The first-order valence-corrected chi connectivity index (χ1v) is 7.39. The SMILES string of the molecule is O=c1[nH]c2ccccc2c(=O)n1NC(=S)NCc1ccccc1. The molecule has 0 saturated heterocycles. The Labute approximate surface area is 136 Å². The van der Waals surface area contributed by atoms with Gasteiger partial charge in [-0.1, -0.05) is 42.5 Å². The third-order valence-electron chi connectivity index (χ3n) is 3.31. The molecule has 0 aliphatic heterocycles. The molecule has 7 heteroatoms. The van der Waals surface area contributed by atoms with E-state index in [0.717, 1.165) is 10.2 Å². The second-order valence-electron chi connectivity index (χ2n) is 4.90. The number of fused-ring (bicyclic) bond motifs is 1. The first-order valence-electron chi connectivity index (χ1n) is 6.98. The van der Waals surface area contributed by atoms with Gasteiger partial charge in [0.2, 0.25) is 0 Å². The molecule has 0 aliphatic carbocycles. The molecule has 0 aliphatic rings. The molecule has 0 radical (unpaired) electrons. The van der Waals surface area contributed by atoms with Gasteiger partial charge >= 0.3 is 5.69 Å². The van der Waals surface area contributed by atoms with Gasteiger partial charge in [0.25, 0.3) is 5.56 Å². The van der Waals surface area contributed by atoms with E-state index in [1.807, 2.05) is 30.3 Å². The summed E-state index contributed by atoms with van der Waals surface area (Å²) in [6.07, 6.45) is 0. The standard InChI is InChI=1S/C16H14N4O2S/c21-14-12-8-4-5-9-13(12)18-16(22)20(14)19-15(23)17-10-11-6-2-1-3-7-11/h1-9H,10H2,(H,18,22)(H2,17,19,23). The Morgan fingerprint density at radius 2 is 1.74 bits per heavy atom. The lowest BCUT2D eigenvalue weighted by Gasteiger charge is -2.12. The summed E-state index contributed by atoms with van der Waals surface area (Å²) >= 11 is 5.14. The maximum Gasteiger partial charge on any atom is 0.348 e. The van der Waals surface area contributed by atoms with E-state index in [1.165, 1.54) is 0 Å². The maximum atomic E-state index is 12.4. The Balaban J connectivity index is 1.80. The molecule has 23 heavy (non-hydrogen) atoms. The first kappa shape index (κ1) is 15.0. The van der Waals surface area contributed by atoms with E-state index in [2.05, 4.69) is 15.7 Å². The third-order valence-corrected chi connectivity index (χ3v) is 3.55. The van der Waals surface area contributed by atoms with Crippen molar-refractivity contribution in [1.82, 2.24) is 15.0 Å². The smallest absolute Gasteiger partial charge is 0.348 e. The van der Waals surface area contributed by atoms with Crippen LogP contribution in [0.2, 0.25) is 0 Å². The van der Waals surface area contributed by atoms with Gasteiger partial charge in [0.15, 0.2) is 5.11 Å². The predicted molar refractivity (Wildman–Crippen MR) is 94.1 cm³/mol. The molecule has 116 valence electrons. The van der Waals surface area contributed by atoms with Gasteiger partial charge in [0.1, 0.15) is 0 Å². The number of rotatable bonds is 3. The lowest BCUT2D eigenvalue weighted by molar-refractivity contribution is 0.816. The lowest BCUT2D eigenvalue weighted by atomic mass is 10.2. The molecule has 0 spiro atoms. The van der Waals surface area contributed by atoms with Gasteiger partial charge in [-0.05, 0) is 29.9 Å². The highest BCUT2D eigenvalue weighted by atomic mass is 32.1. The topological polar surface area (TPSA) is 78.9 Å². The van der Waals surface area contributed by atoms with Gasteiger partial charge in [-0.15, -0.1) is 0 Å². The van der Waals surface area contributed by atoms with Gasteiger partial charge in [-0.3, -0.25) is 10.2 Å². The second-order valence-corrected chi connectivity index (χ2v) is 5.30. The summed E-state index contributed by atoms with van der Waals surface area (Å²) < 4.78 is 0.864. The molecule has 0 amide bonds. The Morgan fingerprint density at radius 3 is 2.52 bits per heavy atom. The van der Waals surface area contributed by atoms with Crippen LogP contribution in [0, 0.1) is 0 Å². The summed E-state index contributed by atoms with van der Waals surface area (Å²) in [6, 6.07) is 16.5. The highest BCUT2D eigenvalue weighted by molar-refractivity contribution is 7.80. The molecule has 6 nitrogen and oxygen atoms in total. The zero-order valence-electron chi connectivity index (χ0n) is 12.1. The van der Waals surface area contributed by atoms with Gasteiger partial charge in [0, 0.05) is 6.54 Å². The molecular weight excluding hydrogens is 312 g/mol. The number of H-pyrrole nitrogens is 1. The van der Waals surface area contributed by atoms with Crippen molar-refractivity contribution >= 4 is 28.2 Å². The maximum absolute atomic E-state index is 12.4. The van der Waals surface area contributed by atoms with E-state index in [9.17, 15) is 9.59 Å². The second kappa shape index (κ2) is 6.45. The largest absolute Gasteiger partial charge is 0.357 e. The van der Waals surface area contributed by atoms with E-state index in [4.69, 9.17) is 12.2 Å². The van der Waals surface area contributed by atoms with Crippen LogP contribution in [-0.4, -0.2) is 14.8 Å². The monoisotopic (exact) mass is 326 g/mol. The predicted octanol–water partition coefficient (Wildman–Crippen LogP) is 1.31. The van der Waals surface area contributed by atoms with Crippen molar-refractivity contribution in [2.75, 3.05) is 5.43 Å². The number of nitrogens with one attached hydrogen (secondary N) is 3. The molecule has 1 heterocycles. The van der Waals surface area contributed by atoms with Crippen LogP contribution in [0.25, 0.3) is 10.9 Å². The fourth-order valence-corrected chi connectivity index (χ4v) is 2.35. The van der Waals surface area contributed by atoms with Crippen LogP contribution < -0.4 is 22.0 Å². The fraction of sp³-hybridized carbons (Fsp3) is 0.0625. The summed E-state index contributed by atoms with van der Waals surface area (Å²) in [6.45, 7) is 0.493. The Hall–Kier alpha value is -2.93. The van der Waals surface area contributed by atoms with Crippen molar-refractivity contribution in [2.24, 2.45) is 0 Å². The third kappa shape index (κ3) is 3.29. The van der Waals surface area contributed by atoms with Crippen LogP contribution in [0.4, 0.5) is 0 Å². The van der Waals surface area contributed by atoms with Crippen molar-refractivity contribution in [3.05, 3.63) is 81.0 Å². The fourth-order valence-electron chi connectivity index (χ4n) is 2.18. The number of aromatic nitrogens is 2. The molecule has 0 atom stereocenters. The zero-order valence-corrected chi connectivity index (χ0v) is 12.9. The van der Waals surface area contributed by atoms with E-state index in [1.54, 1.807) is 24.3 Å². The van der Waals surface area contributed by atoms with Crippen LogP contribution in [-0.2, 0) is 6.54 Å². The van der Waals surface area contributed by atoms with Gasteiger partial charge in [-0.25, -0.2) is 4.79 Å². The van der Waals surface area contributed by atoms with Gasteiger partial charge < -0.3 is 10.3 Å². The summed E-state index contributed by atoms with van der Waals surface area (Å²) in [7, 11) is 0. The molecule has 3 aromatic rings. The average Bonchev–Trinajstić information content (AvgIpc) is 2.58. The molecule has 3 rings (SSSR count). The molecule has 1 aromatic heterocycles. The molecule has 2 aromatic carbocycles. The summed E-state index contributed by atoms with van der Waals surface area (Å²) in [5.74, 6) is 0. The van der Waals surface area contributed by atoms with E-state index >= 15 is 0 Å². The lowest BCUT2D eigenvalue weighted by Crippen LogP contribution is -2.46. The summed E-state index contributed by atoms with van der Waals surface area (Å²) in [5.41, 5.74) is 3.13. The van der Waals surface area contributed by atoms with Crippen molar-refractivity contribution in [3.8, 4) is 0 Å². The van der Waals surface area contributed by atoms with Crippen molar-refractivity contribution < 1.29 is 0 Å². The number of benzene rings is 2. The number of aromatic amines is 1. The van der Waals surface area contributed by atoms with Crippen molar-refractivity contribution in [1.29, 1.82) is 0 Å². The van der Waals surface area contributed by atoms with Gasteiger partial charge in [-0.2, -0.15) is 4.68 Å². The molecule has 0 unspecified atom stereocenters. The van der Waals surface area contributed by atoms with Crippen molar-refractivity contribution in [3.63, 3.8) is 0 Å². The molecule has 0 fully saturated rings. The van der Waals surface area contributed by atoms with Crippen LogP contribution in [0.15, 0.2) is 64.2 Å². The van der Waals surface area contributed by atoms with Crippen LogP contribution in [0.5, 0.6) is 0 Å². The minimum atomic E-state index is -0.572. The summed E-state index contributed by atoms with van der Waals surface area (Å²) in [4.78, 5) is 27.0. The number of nitrogens with zero attached hydrogens (tertiary/aromatic N) is 1. The highest BCUT2D eigenvalue weighted by Crippen LogP contribution is 2.02. The Bertz CT molecular complexity index is 963. The van der Waals surface area contributed by atoms with Crippen LogP contribution >= 0.6 is 12.2 Å². The van der Waals surface area contributed by atoms with Gasteiger partial charge in [0.05, 0.1) is 10.9 Å². The minimum absolute atomic E-state index is 0.191. The molecule has 0 bridgehead atoms. The van der Waals surface area contributed by atoms with E-state index < -0.39 is 11.2 Å². The first-order chi connectivity index (χ1) is 11.1. The van der Waals surface area contributed by atoms with Crippen molar-refractivity contribution in [2.45, 2.75) is 6.54 Å².